The van der Waals surface area contributed by atoms with Gasteiger partial charge in [-0.1, -0.05) is 31.5 Å². The van der Waals surface area contributed by atoms with Crippen LogP contribution in [-0.4, -0.2) is 37.4 Å². The fourth-order valence-corrected chi connectivity index (χ4v) is 3.78. The van der Waals surface area contributed by atoms with Crippen LogP contribution < -0.4 is 11.5 Å². The van der Waals surface area contributed by atoms with Crippen LogP contribution in [0.1, 0.15) is 36.2 Å². The number of nitrogen functional groups attached to an aromatic ring is 1. The van der Waals surface area contributed by atoms with Crippen LogP contribution in [0.25, 0.3) is 33.5 Å². The van der Waals surface area contributed by atoms with E-state index < -0.39 is 17.8 Å². The van der Waals surface area contributed by atoms with E-state index in [0.717, 1.165) is 6.42 Å². The van der Waals surface area contributed by atoms with Gasteiger partial charge in [0.05, 0.1) is 24.0 Å². The molecule has 0 radical (unpaired) electrons. The van der Waals surface area contributed by atoms with E-state index in [1.807, 2.05) is 13.0 Å². The number of halogens is 1. The molecular formula is C23H23FN6O2. The van der Waals surface area contributed by atoms with Crippen LogP contribution in [0.15, 0.2) is 48.7 Å². The van der Waals surface area contributed by atoms with E-state index in [2.05, 4.69) is 15.1 Å². The van der Waals surface area contributed by atoms with E-state index in [9.17, 15) is 9.90 Å². The number of pyridine rings is 2. The Kier molecular flexibility index (Phi) is 5.83. The molecule has 0 saturated carbocycles. The van der Waals surface area contributed by atoms with Crippen molar-refractivity contribution in [3.05, 3.63) is 60.0 Å². The predicted octanol–water partition coefficient (Wildman–Crippen LogP) is 3.31. The van der Waals surface area contributed by atoms with Gasteiger partial charge in [-0.05, 0) is 30.7 Å². The van der Waals surface area contributed by atoms with E-state index >= 15 is 4.39 Å². The molecule has 0 aliphatic heterocycles. The van der Waals surface area contributed by atoms with E-state index in [4.69, 9.17) is 11.5 Å². The second-order valence-electron chi connectivity index (χ2n) is 7.45. The number of aliphatic hydroxyl groups is 1. The lowest BCUT2D eigenvalue weighted by molar-refractivity contribution is 0.100. The number of carbonyl (C=O) groups excluding carboxylic acids is 1. The highest BCUT2D eigenvalue weighted by Crippen LogP contribution is 2.34. The fraction of sp³-hybridized carbons (Fsp3) is 0.217. The second kappa shape index (κ2) is 8.72. The van der Waals surface area contributed by atoms with Crippen LogP contribution in [0.5, 0.6) is 0 Å². The molecule has 1 unspecified atom stereocenters. The van der Waals surface area contributed by atoms with Gasteiger partial charge in [0.2, 0.25) is 0 Å². The summed E-state index contributed by atoms with van der Waals surface area (Å²) in [6.07, 6.45) is 2.97. The third-order valence-electron chi connectivity index (χ3n) is 5.36. The van der Waals surface area contributed by atoms with Gasteiger partial charge in [0.25, 0.3) is 5.91 Å². The number of hydrogen-bond donors (Lipinski definition) is 3. The SMILES string of the molecule is CCCC(CO)n1nc(-c2ccc3ccc(-c4ccccn4)nc3c2F)c(C(N)=O)c1N. The molecular weight excluding hydrogens is 411 g/mol. The van der Waals surface area contributed by atoms with Gasteiger partial charge in [0.1, 0.15) is 22.6 Å². The highest BCUT2D eigenvalue weighted by atomic mass is 19.1. The molecule has 0 fully saturated rings. The zero-order chi connectivity index (χ0) is 22.8. The Balaban J connectivity index is 1.91. The molecule has 8 nitrogen and oxygen atoms in total. The number of fused-ring (bicyclic) bond motifs is 1. The van der Waals surface area contributed by atoms with E-state index in [-0.39, 0.29) is 34.8 Å². The van der Waals surface area contributed by atoms with Crippen molar-refractivity contribution in [3.63, 3.8) is 0 Å². The first-order valence-corrected chi connectivity index (χ1v) is 10.3. The number of anilines is 1. The summed E-state index contributed by atoms with van der Waals surface area (Å²) in [6.45, 7) is 1.72. The maximum atomic E-state index is 15.7. The molecule has 1 atom stereocenters. The van der Waals surface area contributed by atoms with Gasteiger partial charge in [-0.25, -0.2) is 14.1 Å². The summed E-state index contributed by atoms with van der Waals surface area (Å²) in [5.74, 6) is -1.48. The largest absolute Gasteiger partial charge is 0.394 e. The number of primary amides is 1. The Bertz CT molecular complexity index is 1290. The van der Waals surface area contributed by atoms with Gasteiger partial charge in [-0.3, -0.25) is 9.78 Å². The smallest absolute Gasteiger partial charge is 0.254 e. The Morgan fingerprint density at radius 3 is 2.62 bits per heavy atom. The number of nitrogens with two attached hydrogens (primary N) is 2. The van der Waals surface area contributed by atoms with Crippen LogP contribution in [0.4, 0.5) is 10.2 Å². The third-order valence-corrected chi connectivity index (χ3v) is 5.36. The van der Waals surface area contributed by atoms with Gasteiger partial charge in [0, 0.05) is 17.1 Å². The van der Waals surface area contributed by atoms with Crippen molar-refractivity contribution < 1.29 is 14.3 Å². The molecule has 32 heavy (non-hydrogen) atoms. The third kappa shape index (κ3) is 3.67. The van der Waals surface area contributed by atoms with Crippen LogP contribution in [0.2, 0.25) is 0 Å². The average molecular weight is 434 g/mol. The fourth-order valence-electron chi connectivity index (χ4n) is 3.78. The zero-order valence-electron chi connectivity index (χ0n) is 17.5. The minimum absolute atomic E-state index is 0.00491. The lowest BCUT2D eigenvalue weighted by Crippen LogP contribution is -2.18. The van der Waals surface area contributed by atoms with Crippen molar-refractivity contribution >= 4 is 22.6 Å². The van der Waals surface area contributed by atoms with Gasteiger partial charge < -0.3 is 16.6 Å². The quantitative estimate of drug-likeness (QED) is 0.409. The summed E-state index contributed by atoms with van der Waals surface area (Å²) in [5.41, 5.74) is 12.9. The molecule has 5 N–H and O–H groups in total. The Hall–Kier alpha value is -3.85. The minimum Gasteiger partial charge on any atom is -0.394 e. The number of aromatic nitrogens is 4. The Labute approximate surface area is 183 Å². The number of aliphatic hydroxyl groups excluding tert-OH is 1. The average Bonchev–Trinajstić information content (AvgIpc) is 3.15. The molecule has 4 rings (SSSR count). The van der Waals surface area contributed by atoms with Gasteiger partial charge in [0.15, 0.2) is 5.82 Å². The van der Waals surface area contributed by atoms with Crippen molar-refractivity contribution in [3.8, 4) is 22.6 Å². The monoisotopic (exact) mass is 434 g/mol. The highest BCUT2D eigenvalue weighted by Gasteiger charge is 2.27. The van der Waals surface area contributed by atoms with Crippen LogP contribution >= 0.6 is 0 Å². The van der Waals surface area contributed by atoms with Crippen molar-refractivity contribution in [1.82, 2.24) is 19.7 Å². The number of nitrogens with zero attached hydrogens (tertiary/aromatic N) is 4. The summed E-state index contributed by atoms with van der Waals surface area (Å²) in [6, 6.07) is 11.7. The topological polar surface area (TPSA) is 133 Å². The molecule has 0 aliphatic carbocycles. The summed E-state index contributed by atoms with van der Waals surface area (Å²) >= 11 is 0. The lowest BCUT2D eigenvalue weighted by atomic mass is 10.0. The number of benzene rings is 1. The molecule has 1 amide bonds. The molecule has 0 bridgehead atoms. The Morgan fingerprint density at radius 1 is 1.19 bits per heavy atom. The lowest BCUT2D eigenvalue weighted by Gasteiger charge is -2.15. The number of carbonyl (C=O) groups is 1. The van der Waals surface area contributed by atoms with Gasteiger partial charge >= 0.3 is 0 Å². The van der Waals surface area contributed by atoms with Crippen molar-refractivity contribution in [2.75, 3.05) is 12.3 Å². The van der Waals surface area contributed by atoms with Gasteiger partial charge in [-0.15, -0.1) is 0 Å². The van der Waals surface area contributed by atoms with Gasteiger partial charge in [-0.2, -0.15) is 5.10 Å². The summed E-state index contributed by atoms with van der Waals surface area (Å²) in [7, 11) is 0. The summed E-state index contributed by atoms with van der Waals surface area (Å²) in [5, 5.41) is 14.7. The normalized spacial score (nSPS) is 12.2. The maximum Gasteiger partial charge on any atom is 0.254 e. The van der Waals surface area contributed by atoms with E-state index in [1.54, 1.807) is 36.5 Å². The minimum atomic E-state index is -0.827. The molecule has 1 aromatic carbocycles. The first-order chi connectivity index (χ1) is 15.5. The number of hydrogen-bond acceptors (Lipinski definition) is 6. The Morgan fingerprint density at radius 2 is 1.97 bits per heavy atom. The molecule has 4 aromatic rings. The first kappa shape index (κ1) is 21.4. The molecule has 164 valence electrons. The van der Waals surface area contributed by atoms with Crippen LogP contribution in [0.3, 0.4) is 0 Å². The highest BCUT2D eigenvalue weighted by molar-refractivity contribution is 6.04. The molecule has 3 heterocycles. The zero-order valence-corrected chi connectivity index (χ0v) is 17.5. The molecule has 0 saturated heterocycles. The summed E-state index contributed by atoms with van der Waals surface area (Å²) in [4.78, 5) is 20.9. The molecule has 9 heteroatoms. The predicted molar refractivity (Wildman–Crippen MR) is 120 cm³/mol. The molecule has 0 aliphatic rings. The molecule has 3 aromatic heterocycles. The van der Waals surface area contributed by atoms with Crippen LogP contribution in [-0.2, 0) is 0 Å². The van der Waals surface area contributed by atoms with Crippen molar-refractivity contribution in [2.24, 2.45) is 5.73 Å². The van der Waals surface area contributed by atoms with Crippen molar-refractivity contribution in [2.45, 2.75) is 25.8 Å². The first-order valence-electron chi connectivity index (χ1n) is 10.3. The van der Waals surface area contributed by atoms with Crippen molar-refractivity contribution in [1.29, 1.82) is 0 Å². The number of rotatable bonds is 7. The molecule has 0 spiro atoms. The number of amides is 1. The standard InChI is InChI=1S/C23H23FN6O2/c1-2-5-14(12-31)30-22(25)18(23(26)32)21(29-30)15-9-7-13-8-10-17(28-20(13)19(15)24)16-6-3-4-11-27-16/h3-4,6-11,14,31H,2,5,12,25H2,1H3,(H2,26,32). The van der Waals surface area contributed by atoms with E-state index in [1.165, 1.54) is 10.7 Å². The van der Waals surface area contributed by atoms with Crippen LogP contribution in [0, 0.1) is 5.82 Å². The van der Waals surface area contributed by atoms with E-state index in [0.29, 0.717) is 23.2 Å². The second-order valence-corrected chi connectivity index (χ2v) is 7.45. The maximum absolute atomic E-state index is 15.7. The summed E-state index contributed by atoms with van der Waals surface area (Å²) < 4.78 is 17.0.